The van der Waals surface area contributed by atoms with Crippen molar-refractivity contribution in [2.45, 2.75) is 45.1 Å². The number of aromatic nitrogens is 3. The summed E-state index contributed by atoms with van der Waals surface area (Å²) in [4.78, 5) is 37.7. The molecule has 0 N–H and O–H groups in total. The summed E-state index contributed by atoms with van der Waals surface area (Å²) in [6, 6.07) is 5.34. The third-order valence-electron chi connectivity index (χ3n) is 6.38. The highest BCUT2D eigenvalue weighted by molar-refractivity contribution is 5.76. The molecule has 7 heteroatoms. The number of carbonyl (C=O) groups excluding carboxylic acids is 1. The Morgan fingerprint density at radius 2 is 1.77 bits per heavy atom. The van der Waals surface area contributed by atoms with Gasteiger partial charge in [0, 0.05) is 56.6 Å². The Morgan fingerprint density at radius 3 is 2.53 bits per heavy atom. The highest BCUT2D eigenvalue weighted by Crippen LogP contribution is 2.19. The van der Waals surface area contributed by atoms with Crippen molar-refractivity contribution in [1.29, 1.82) is 0 Å². The van der Waals surface area contributed by atoms with Crippen LogP contribution >= 0.6 is 0 Å². The van der Waals surface area contributed by atoms with E-state index in [1.165, 1.54) is 6.42 Å². The van der Waals surface area contributed by atoms with Gasteiger partial charge in [-0.05, 0) is 56.8 Å². The van der Waals surface area contributed by atoms with Crippen LogP contribution in [0, 0.1) is 5.92 Å². The molecule has 0 saturated carbocycles. The van der Waals surface area contributed by atoms with Gasteiger partial charge in [-0.25, -0.2) is 4.98 Å². The molecule has 2 aliphatic heterocycles. The van der Waals surface area contributed by atoms with Crippen LogP contribution in [0.3, 0.4) is 0 Å². The zero-order valence-electron chi connectivity index (χ0n) is 17.6. The van der Waals surface area contributed by atoms with Crippen molar-refractivity contribution in [3.05, 3.63) is 47.3 Å². The van der Waals surface area contributed by atoms with Gasteiger partial charge in [-0.1, -0.05) is 6.42 Å². The van der Waals surface area contributed by atoms with Gasteiger partial charge in [0.1, 0.15) is 0 Å². The lowest BCUT2D eigenvalue weighted by Crippen LogP contribution is -2.42. The summed E-state index contributed by atoms with van der Waals surface area (Å²) in [7, 11) is 0. The molecular formula is C23H31N5O2. The van der Waals surface area contributed by atoms with Crippen molar-refractivity contribution in [1.82, 2.24) is 24.3 Å². The van der Waals surface area contributed by atoms with Crippen molar-refractivity contribution in [2.75, 3.05) is 32.7 Å². The van der Waals surface area contributed by atoms with E-state index in [9.17, 15) is 9.59 Å². The summed E-state index contributed by atoms with van der Waals surface area (Å²) < 4.78 is 1.74. The van der Waals surface area contributed by atoms with E-state index in [1.807, 2.05) is 12.1 Å². The zero-order valence-corrected chi connectivity index (χ0v) is 17.6. The van der Waals surface area contributed by atoms with E-state index in [0.717, 1.165) is 70.5 Å². The van der Waals surface area contributed by atoms with Crippen LogP contribution < -0.4 is 5.56 Å². The van der Waals surface area contributed by atoms with Crippen molar-refractivity contribution >= 4 is 5.91 Å². The Hall–Kier alpha value is -2.54. The topological polar surface area (TPSA) is 71.3 Å². The van der Waals surface area contributed by atoms with Crippen molar-refractivity contribution in [2.24, 2.45) is 5.92 Å². The number of nitrogens with zero attached hydrogens (tertiary/aromatic N) is 5. The lowest BCUT2D eigenvalue weighted by atomic mass is 9.96. The van der Waals surface area contributed by atoms with E-state index in [-0.39, 0.29) is 5.56 Å². The first kappa shape index (κ1) is 20.7. The lowest BCUT2D eigenvalue weighted by Gasteiger charge is -2.33. The second-order valence-corrected chi connectivity index (χ2v) is 8.48. The molecule has 2 aromatic rings. The van der Waals surface area contributed by atoms with Gasteiger partial charge < -0.3 is 9.80 Å². The lowest BCUT2D eigenvalue weighted by molar-refractivity contribution is -0.130. The number of hydrogen-bond donors (Lipinski definition) is 0. The summed E-state index contributed by atoms with van der Waals surface area (Å²) in [6.45, 7) is 5.51. The highest BCUT2D eigenvalue weighted by Gasteiger charge is 2.22. The fourth-order valence-electron chi connectivity index (χ4n) is 4.45. The number of amides is 1. The third kappa shape index (κ3) is 5.33. The first-order valence-electron chi connectivity index (χ1n) is 11.2. The number of carbonyl (C=O) groups is 1. The van der Waals surface area contributed by atoms with E-state index >= 15 is 0 Å². The third-order valence-corrected chi connectivity index (χ3v) is 6.38. The molecule has 4 heterocycles. The predicted octanol–water partition coefficient (Wildman–Crippen LogP) is 2.42. The number of hydrogen-bond acceptors (Lipinski definition) is 5. The molecule has 0 aliphatic carbocycles. The van der Waals surface area contributed by atoms with Crippen LogP contribution in [0.15, 0.2) is 41.7 Å². The average molecular weight is 410 g/mol. The van der Waals surface area contributed by atoms with Gasteiger partial charge in [0.15, 0.2) is 0 Å². The molecule has 0 bridgehead atoms. The Balaban J connectivity index is 1.26. The van der Waals surface area contributed by atoms with Gasteiger partial charge in [0.05, 0.1) is 12.0 Å². The predicted molar refractivity (Wildman–Crippen MR) is 116 cm³/mol. The maximum absolute atomic E-state index is 12.5. The SMILES string of the molecule is O=C1CCCCCN1CCN1CCC(Cn2cnc(-c3ccncc3)cc2=O)CC1. The molecule has 2 saturated heterocycles. The first-order chi connectivity index (χ1) is 14.7. The quantitative estimate of drug-likeness (QED) is 0.733. The van der Waals surface area contributed by atoms with E-state index in [0.29, 0.717) is 23.9 Å². The Labute approximate surface area is 177 Å². The minimum absolute atomic E-state index is 0.00100. The Bertz CT molecular complexity index is 890. The standard InChI is InChI=1S/C23H31N5O2/c29-22-4-2-1-3-11-27(22)15-14-26-12-7-19(8-13-26)17-28-18-25-21(16-23(28)30)20-5-9-24-10-6-20/h5-6,9-10,16,18-19H,1-4,7-8,11-15,17H2. The zero-order chi connectivity index (χ0) is 20.8. The van der Waals surface area contributed by atoms with Crippen LogP contribution in [-0.4, -0.2) is 63.0 Å². The number of piperidine rings is 1. The molecular weight excluding hydrogens is 378 g/mol. The molecule has 2 aromatic heterocycles. The van der Waals surface area contributed by atoms with E-state index in [1.54, 1.807) is 29.4 Å². The average Bonchev–Trinajstić information content (AvgIpc) is 2.99. The monoisotopic (exact) mass is 409 g/mol. The summed E-state index contributed by atoms with van der Waals surface area (Å²) in [5.74, 6) is 0.816. The molecule has 0 aromatic carbocycles. The van der Waals surface area contributed by atoms with Crippen molar-refractivity contribution in [3.63, 3.8) is 0 Å². The summed E-state index contributed by atoms with van der Waals surface area (Å²) in [6.07, 6.45) is 11.3. The molecule has 30 heavy (non-hydrogen) atoms. The van der Waals surface area contributed by atoms with Crippen LogP contribution in [0.1, 0.15) is 38.5 Å². The normalized spacial score (nSPS) is 19.1. The minimum atomic E-state index is -0.00100. The van der Waals surface area contributed by atoms with Crippen LogP contribution in [0.25, 0.3) is 11.3 Å². The highest BCUT2D eigenvalue weighted by atomic mass is 16.2. The van der Waals surface area contributed by atoms with Crippen LogP contribution in [0.2, 0.25) is 0 Å². The van der Waals surface area contributed by atoms with Gasteiger partial charge in [-0.3, -0.25) is 19.1 Å². The maximum atomic E-state index is 12.5. The Kier molecular flexibility index (Phi) is 6.89. The van der Waals surface area contributed by atoms with Gasteiger partial charge in [0.2, 0.25) is 5.91 Å². The van der Waals surface area contributed by atoms with Gasteiger partial charge >= 0.3 is 0 Å². The molecule has 2 fully saturated rings. The maximum Gasteiger partial charge on any atom is 0.253 e. The largest absolute Gasteiger partial charge is 0.341 e. The van der Waals surface area contributed by atoms with E-state index < -0.39 is 0 Å². The fourth-order valence-corrected chi connectivity index (χ4v) is 4.45. The molecule has 0 spiro atoms. The summed E-state index contributed by atoms with van der Waals surface area (Å²) >= 11 is 0. The molecule has 1 amide bonds. The van der Waals surface area contributed by atoms with Crippen molar-refractivity contribution < 1.29 is 4.79 Å². The van der Waals surface area contributed by atoms with E-state index in [2.05, 4.69) is 19.8 Å². The Morgan fingerprint density at radius 1 is 0.967 bits per heavy atom. The van der Waals surface area contributed by atoms with Crippen LogP contribution in [-0.2, 0) is 11.3 Å². The molecule has 0 unspecified atom stereocenters. The molecule has 0 atom stereocenters. The summed E-state index contributed by atoms with van der Waals surface area (Å²) in [5, 5.41) is 0. The molecule has 160 valence electrons. The van der Waals surface area contributed by atoms with Crippen LogP contribution in [0.5, 0.6) is 0 Å². The number of pyridine rings is 1. The molecule has 7 nitrogen and oxygen atoms in total. The molecule has 4 rings (SSSR count). The van der Waals surface area contributed by atoms with E-state index in [4.69, 9.17) is 0 Å². The first-order valence-corrected chi connectivity index (χ1v) is 11.2. The van der Waals surface area contributed by atoms with Gasteiger partial charge in [-0.15, -0.1) is 0 Å². The van der Waals surface area contributed by atoms with Gasteiger partial charge in [-0.2, -0.15) is 0 Å². The molecule has 0 radical (unpaired) electrons. The number of likely N-dealkylation sites (tertiary alicyclic amines) is 2. The minimum Gasteiger partial charge on any atom is -0.341 e. The van der Waals surface area contributed by atoms with Crippen LogP contribution in [0.4, 0.5) is 0 Å². The van der Waals surface area contributed by atoms with Crippen molar-refractivity contribution in [3.8, 4) is 11.3 Å². The smallest absolute Gasteiger partial charge is 0.253 e. The molecule has 2 aliphatic rings. The second kappa shape index (κ2) is 9.98. The second-order valence-electron chi connectivity index (χ2n) is 8.48. The summed E-state index contributed by atoms with van der Waals surface area (Å²) in [5.41, 5.74) is 1.60. The van der Waals surface area contributed by atoms with Gasteiger partial charge in [0.25, 0.3) is 5.56 Å². The number of rotatable bonds is 6. The fraction of sp³-hybridized carbons (Fsp3) is 0.565.